The summed E-state index contributed by atoms with van der Waals surface area (Å²) in [6.45, 7) is 0. The minimum Gasteiger partial charge on any atom is -0.345 e. The van der Waals surface area contributed by atoms with Crippen molar-refractivity contribution >= 4 is 29.0 Å². The number of H-pyrrole nitrogens is 1. The normalized spacial score (nSPS) is 14.3. The summed E-state index contributed by atoms with van der Waals surface area (Å²) >= 11 is 0. The Balaban J connectivity index is 2.40. The fourth-order valence-electron chi connectivity index (χ4n) is 1.83. The molecule has 1 aromatic heterocycles. The van der Waals surface area contributed by atoms with Gasteiger partial charge in [0.05, 0.1) is 17.5 Å². The summed E-state index contributed by atoms with van der Waals surface area (Å²) in [5.74, 6) is 0. The van der Waals surface area contributed by atoms with E-state index in [9.17, 15) is 0 Å². The number of benzene rings is 1. The zero-order chi connectivity index (χ0) is 10.3. The number of anilines is 1. The molecule has 4 nitrogen and oxygen atoms in total. The molecular formula is C11H10N4. The van der Waals surface area contributed by atoms with Gasteiger partial charge in [-0.15, -0.1) is 0 Å². The van der Waals surface area contributed by atoms with Crippen molar-refractivity contribution < 1.29 is 0 Å². The zero-order valence-electron chi connectivity index (χ0n) is 8.31. The second kappa shape index (κ2) is 2.95. The smallest absolute Gasteiger partial charge is 0.114 e. The maximum Gasteiger partial charge on any atom is 0.114 e. The van der Waals surface area contributed by atoms with Gasteiger partial charge >= 0.3 is 0 Å². The summed E-state index contributed by atoms with van der Waals surface area (Å²) in [6, 6.07) is 4.10. The van der Waals surface area contributed by atoms with Gasteiger partial charge in [-0.25, -0.2) is 4.98 Å². The van der Waals surface area contributed by atoms with Crippen molar-refractivity contribution in [3.8, 4) is 0 Å². The van der Waals surface area contributed by atoms with Crippen LogP contribution in [-0.2, 0) is 0 Å². The highest BCUT2D eigenvalue weighted by atomic mass is 15.4. The molecule has 2 aromatic rings. The Labute approximate surface area is 86.9 Å². The third-order valence-corrected chi connectivity index (χ3v) is 2.52. The van der Waals surface area contributed by atoms with Crippen molar-refractivity contribution in [2.45, 2.75) is 0 Å². The van der Waals surface area contributed by atoms with E-state index in [2.05, 4.69) is 21.1 Å². The molecule has 0 atom stereocenters. The second-order valence-electron chi connectivity index (χ2n) is 3.45. The van der Waals surface area contributed by atoms with Crippen LogP contribution >= 0.6 is 0 Å². The van der Waals surface area contributed by atoms with Gasteiger partial charge in [0.1, 0.15) is 5.52 Å². The molecule has 0 aliphatic carbocycles. The predicted octanol–water partition coefficient (Wildman–Crippen LogP) is 2.01. The molecule has 0 radical (unpaired) electrons. The molecule has 0 unspecified atom stereocenters. The van der Waals surface area contributed by atoms with Gasteiger partial charge in [-0.05, 0) is 12.1 Å². The summed E-state index contributed by atoms with van der Waals surface area (Å²) in [7, 11) is 1.93. The van der Waals surface area contributed by atoms with Crippen molar-refractivity contribution in [2.24, 2.45) is 5.10 Å². The SMILES string of the molecule is CN1N=CC=Cc2ccc3[nH]cnc3c21. The van der Waals surface area contributed by atoms with Crippen LogP contribution in [0.3, 0.4) is 0 Å². The van der Waals surface area contributed by atoms with Gasteiger partial charge in [0.15, 0.2) is 0 Å². The molecule has 0 saturated heterocycles. The van der Waals surface area contributed by atoms with Crippen molar-refractivity contribution in [1.82, 2.24) is 9.97 Å². The number of imidazole rings is 1. The van der Waals surface area contributed by atoms with E-state index >= 15 is 0 Å². The molecular weight excluding hydrogens is 188 g/mol. The van der Waals surface area contributed by atoms with Gasteiger partial charge in [-0.1, -0.05) is 12.1 Å². The number of hydrogen-bond acceptors (Lipinski definition) is 3. The maximum absolute atomic E-state index is 4.32. The third kappa shape index (κ3) is 1.15. The topological polar surface area (TPSA) is 44.3 Å². The molecule has 1 N–H and O–H groups in total. The van der Waals surface area contributed by atoms with Gasteiger partial charge in [0.25, 0.3) is 0 Å². The van der Waals surface area contributed by atoms with Crippen LogP contribution in [0.4, 0.5) is 5.69 Å². The monoisotopic (exact) mass is 198 g/mol. The number of aromatic amines is 1. The largest absolute Gasteiger partial charge is 0.345 e. The fourth-order valence-corrected chi connectivity index (χ4v) is 1.83. The third-order valence-electron chi connectivity index (χ3n) is 2.52. The van der Waals surface area contributed by atoms with Crippen molar-refractivity contribution in [3.05, 3.63) is 30.1 Å². The lowest BCUT2D eigenvalue weighted by Crippen LogP contribution is -2.09. The lowest BCUT2D eigenvalue weighted by atomic mass is 10.1. The molecule has 3 rings (SSSR count). The summed E-state index contributed by atoms with van der Waals surface area (Å²) < 4.78 is 0. The molecule has 4 heteroatoms. The number of hydrogen-bond donors (Lipinski definition) is 1. The highest BCUT2D eigenvalue weighted by Crippen LogP contribution is 2.30. The van der Waals surface area contributed by atoms with Crippen LogP contribution in [0.15, 0.2) is 29.6 Å². The molecule has 1 aromatic carbocycles. The van der Waals surface area contributed by atoms with Crippen LogP contribution in [0.25, 0.3) is 17.1 Å². The number of rotatable bonds is 0. The second-order valence-corrected chi connectivity index (χ2v) is 3.45. The van der Waals surface area contributed by atoms with Crippen LogP contribution in [0.5, 0.6) is 0 Å². The lowest BCUT2D eigenvalue weighted by molar-refractivity contribution is 1.03. The molecule has 0 fully saturated rings. The minimum absolute atomic E-state index is 0.957. The van der Waals surface area contributed by atoms with Gasteiger partial charge < -0.3 is 4.98 Å². The minimum atomic E-state index is 0.957. The highest BCUT2D eigenvalue weighted by Gasteiger charge is 2.12. The molecule has 2 heterocycles. The van der Waals surface area contributed by atoms with E-state index in [-0.39, 0.29) is 0 Å². The average Bonchev–Trinajstić information content (AvgIpc) is 2.63. The van der Waals surface area contributed by atoms with Crippen molar-refractivity contribution in [2.75, 3.05) is 12.1 Å². The number of nitrogens with one attached hydrogen (secondary N) is 1. The number of nitrogens with zero attached hydrogens (tertiary/aromatic N) is 3. The summed E-state index contributed by atoms with van der Waals surface area (Å²) in [6.07, 6.45) is 7.45. The molecule has 15 heavy (non-hydrogen) atoms. The van der Waals surface area contributed by atoms with Crippen LogP contribution in [0.1, 0.15) is 5.56 Å². The van der Waals surface area contributed by atoms with E-state index in [0.717, 1.165) is 22.3 Å². The summed E-state index contributed by atoms with van der Waals surface area (Å²) in [5, 5.41) is 6.11. The van der Waals surface area contributed by atoms with Gasteiger partial charge in [0.2, 0.25) is 0 Å². The van der Waals surface area contributed by atoms with E-state index in [1.807, 2.05) is 30.3 Å². The quantitative estimate of drug-likeness (QED) is 0.703. The summed E-state index contributed by atoms with van der Waals surface area (Å²) in [5.41, 5.74) is 4.16. The summed E-state index contributed by atoms with van der Waals surface area (Å²) in [4.78, 5) is 7.42. The van der Waals surface area contributed by atoms with E-state index in [1.54, 1.807) is 12.5 Å². The molecule has 0 saturated carbocycles. The molecule has 1 aliphatic heterocycles. The first-order chi connectivity index (χ1) is 7.36. The van der Waals surface area contributed by atoms with E-state index in [1.165, 1.54) is 0 Å². The average molecular weight is 198 g/mol. The number of hydrazone groups is 1. The first-order valence-corrected chi connectivity index (χ1v) is 4.77. The van der Waals surface area contributed by atoms with Crippen LogP contribution < -0.4 is 5.01 Å². The Morgan fingerprint density at radius 2 is 2.27 bits per heavy atom. The maximum atomic E-state index is 4.32. The first-order valence-electron chi connectivity index (χ1n) is 4.77. The molecule has 0 spiro atoms. The number of fused-ring (bicyclic) bond motifs is 3. The molecule has 0 bridgehead atoms. The molecule has 1 aliphatic rings. The standard InChI is InChI=1S/C11H10N4/c1-15-11-8(3-2-6-14-15)4-5-9-10(11)13-7-12-9/h2-7H,1H3,(H,12,13). The Bertz CT molecular complexity index is 565. The Kier molecular flexibility index (Phi) is 1.62. The van der Waals surface area contributed by atoms with E-state index in [0.29, 0.717) is 0 Å². The van der Waals surface area contributed by atoms with Crippen LogP contribution in [-0.4, -0.2) is 23.2 Å². The Morgan fingerprint density at radius 3 is 3.20 bits per heavy atom. The predicted molar refractivity (Wildman–Crippen MR) is 62.0 cm³/mol. The molecule has 74 valence electrons. The first kappa shape index (κ1) is 8.23. The highest BCUT2D eigenvalue weighted by molar-refractivity contribution is 5.96. The van der Waals surface area contributed by atoms with Gasteiger partial charge in [0, 0.05) is 18.8 Å². The van der Waals surface area contributed by atoms with Gasteiger partial charge in [-0.2, -0.15) is 5.10 Å². The zero-order valence-corrected chi connectivity index (χ0v) is 8.31. The Morgan fingerprint density at radius 1 is 1.33 bits per heavy atom. The Hall–Kier alpha value is -2.10. The van der Waals surface area contributed by atoms with Crippen LogP contribution in [0, 0.1) is 0 Å². The van der Waals surface area contributed by atoms with Crippen molar-refractivity contribution in [3.63, 3.8) is 0 Å². The lowest BCUT2D eigenvalue weighted by Gasteiger charge is -2.14. The number of aromatic nitrogens is 2. The number of allylic oxidation sites excluding steroid dienone is 1. The molecule has 0 amide bonds. The van der Waals surface area contributed by atoms with Crippen LogP contribution in [0.2, 0.25) is 0 Å². The van der Waals surface area contributed by atoms with Crippen molar-refractivity contribution in [1.29, 1.82) is 0 Å². The van der Waals surface area contributed by atoms with Gasteiger partial charge in [-0.3, -0.25) is 5.01 Å². The van der Waals surface area contributed by atoms with E-state index in [4.69, 9.17) is 0 Å². The van der Waals surface area contributed by atoms with E-state index < -0.39 is 0 Å². The fraction of sp³-hybridized carbons (Fsp3) is 0.0909.